The molecule has 4 heteroatoms. The molecule has 0 bridgehead atoms. The largest absolute Gasteiger partial charge is 0.479 e. The lowest BCUT2D eigenvalue weighted by Crippen LogP contribution is -2.25. The van der Waals surface area contributed by atoms with Crippen LogP contribution in [0.15, 0.2) is 24.3 Å². The first-order chi connectivity index (χ1) is 8.78. The topological polar surface area (TPSA) is 45.0 Å². The van der Waals surface area contributed by atoms with Gasteiger partial charge in [0.1, 0.15) is 11.8 Å². The molecule has 1 saturated carbocycles. The Morgan fingerprint density at radius 2 is 2.33 bits per heavy atom. The number of rotatable bonds is 7. The summed E-state index contributed by atoms with van der Waals surface area (Å²) < 4.78 is 5.78. The number of nitrogens with one attached hydrogen (secondary N) is 1. The summed E-state index contributed by atoms with van der Waals surface area (Å²) in [7, 11) is 0. The Bertz CT molecular complexity index is 438. The molecule has 1 aromatic rings. The maximum atomic E-state index is 8.47. The van der Waals surface area contributed by atoms with E-state index in [1.54, 1.807) is 0 Å². The lowest BCUT2D eigenvalue weighted by molar-refractivity contribution is 0.367. The molecule has 1 aliphatic carbocycles. The molecule has 0 saturated heterocycles. The third-order valence-corrected chi connectivity index (χ3v) is 4.64. The molecule has 0 heterocycles. The summed E-state index contributed by atoms with van der Waals surface area (Å²) in [4.78, 5) is 0. The molecule has 1 N–H and O–H groups in total. The van der Waals surface area contributed by atoms with Crippen LogP contribution in [-0.2, 0) is 6.54 Å². The zero-order valence-electron chi connectivity index (χ0n) is 10.6. The van der Waals surface area contributed by atoms with Crippen molar-refractivity contribution in [3.63, 3.8) is 0 Å². The molecule has 2 rings (SSSR count). The highest BCUT2D eigenvalue weighted by Gasteiger charge is 2.41. The molecule has 18 heavy (non-hydrogen) atoms. The zero-order chi connectivity index (χ0) is 12.8. The predicted molar refractivity (Wildman–Crippen MR) is 74.7 cm³/mol. The van der Waals surface area contributed by atoms with Gasteiger partial charge in [-0.2, -0.15) is 17.0 Å². The van der Waals surface area contributed by atoms with Gasteiger partial charge in [-0.05, 0) is 36.8 Å². The second kappa shape index (κ2) is 6.12. The summed E-state index contributed by atoms with van der Waals surface area (Å²) in [5.74, 6) is 0.766. The minimum Gasteiger partial charge on any atom is -0.479 e. The quantitative estimate of drug-likeness (QED) is 0.820. The van der Waals surface area contributed by atoms with E-state index >= 15 is 0 Å². The van der Waals surface area contributed by atoms with Crippen molar-refractivity contribution in [1.82, 2.24) is 5.32 Å². The maximum absolute atomic E-state index is 8.47. The normalized spacial score (nSPS) is 16.0. The van der Waals surface area contributed by atoms with Crippen LogP contribution in [0, 0.1) is 11.3 Å². The Labute approximate surface area is 113 Å². The van der Waals surface area contributed by atoms with E-state index in [2.05, 4.69) is 17.6 Å². The third-order valence-electron chi connectivity index (χ3n) is 3.22. The molecule has 3 nitrogen and oxygen atoms in total. The smallest absolute Gasteiger partial charge is 0.174 e. The third kappa shape index (κ3) is 3.66. The van der Waals surface area contributed by atoms with Gasteiger partial charge in [-0.15, -0.1) is 0 Å². The molecule has 96 valence electrons. The predicted octanol–water partition coefficient (Wildman–Crippen LogP) is 2.57. The van der Waals surface area contributed by atoms with Crippen LogP contribution < -0.4 is 10.1 Å². The van der Waals surface area contributed by atoms with Crippen molar-refractivity contribution < 1.29 is 4.74 Å². The van der Waals surface area contributed by atoms with Gasteiger partial charge in [0, 0.05) is 17.8 Å². The summed E-state index contributed by atoms with van der Waals surface area (Å²) in [5, 5.41) is 12.0. The molecule has 1 fully saturated rings. The van der Waals surface area contributed by atoms with Crippen LogP contribution in [0.5, 0.6) is 5.75 Å². The highest BCUT2D eigenvalue weighted by atomic mass is 32.2. The molecule has 0 amide bonds. The van der Waals surface area contributed by atoms with E-state index in [-0.39, 0.29) is 6.61 Å². The van der Waals surface area contributed by atoms with Crippen molar-refractivity contribution in [2.75, 3.05) is 19.4 Å². The molecule has 0 atom stereocenters. The van der Waals surface area contributed by atoms with Crippen molar-refractivity contribution >= 4 is 11.8 Å². The van der Waals surface area contributed by atoms with E-state index in [4.69, 9.17) is 10.00 Å². The summed E-state index contributed by atoms with van der Waals surface area (Å²) in [5.41, 5.74) is 1.20. The van der Waals surface area contributed by atoms with E-state index in [1.807, 2.05) is 36.0 Å². The molecule has 1 aliphatic rings. The minimum absolute atomic E-state index is 0.104. The minimum atomic E-state index is 0.104. The van der Waals surface area contributed by atoms with Gasteiger partial charge in [0.05, 0.1) is 0 Å². The van der Waals surface area contributed by atoms with Crippen molar-refractivity contribution in [1.29, 1.82) is 5.26 Å². The number of ether oxygens (including phenoxy) is 1. The van der Waals surface area contributed by atoms with Gasteiger partial charge in [0.2, 0.25) is 0 Å². The Kier molecular flexibility index (Phi) is 4.51. The van der Waals surface area contributed by atoms with Crippen LogP contribution in [0.25, 0.3) is 0 Å². The van der Waals surface area contributed by atoms with Gasteiger partial charge >= 0.3 is 0 Å². The highest BCUT2D eigenvalue weighted by Crippen LogP contribution is 2.46. The van der Waals surface area contributed by atoms with Gasteiger partial charge < -0.3 is 10.1 Å². The molecule has 0 radical (unpaired) electrons. The average Bonchev–Trinajstić information content (AvgIpc) is 3.17. The van der Waals surface area contributed by atoms with Crippen LogP contribution in [0.2, 0.25) is 0 Å². The van der Waals surface area contributed by atoms with Gasteiger partial charge in [-0.25, -0.2) is 0 Å². The lowest BCUT2D eigenvalue weighted by atomic mass is 10.2. The van der Waals surface area contributed by atoms with Crippen molar-refractivity contribution in [3.05, 3.63) is 29.8 Å². The Hall–Kier alpha value is -1.18. The molecule has 0 spiro atoms. The number of nitrogens with zero attached hydrogens (tertiary/aromatic N) is 1. The molecule has 0 unspecified atom stereocenters. The van der Waals surface area contributed by atoms with Crippen LogP contribution in [-0.4, -0.2) is 24.2 Å². The molecule has 1 aromatic carbocycles. The maximum Gasteiger partial charge on any atom is 0.174 e. The summed E-state index contributed by atoms with van der Waals surface area (Å²) in [6.07, 6.45) is 4.84. The second-order valence-electron chi connectivity index (χ2n) is 4.58. The first kappa shape index (κ1) is 13.3. The average molecular weight is 262 g/mol. The second-order valence-corrected chi connectivity index (χ2v) is 5.86. The van der Waals surface area contributed by atoms with Gasteiger partial charge in [0.15, 0.2) is 6.61 Å². The number of nitriles is 1. The number of hydrogen-bond donors (Lipinski definition) is 1. The van der Waals surface area contributed by atoms with Crippen molar-refractivity contribution in [2.45, 2.75) is 24.1 Å². The van der Waals surface area contributed by atoms with Crippen LogP contribution in [0.1, 0.15) is 18.4 Å². The molecular formula is C14H18N2OS. The van der Waals surface area contributed by atoms with Gasteiger partial charge in [0.25, 0.3) is 0 Å². The van der Waals surface area contributed by atoms with Crippen LogP contribution in [0.3, 0.4) is 0 Å². The standard InChI is InChI=1S/C14H18N2OS/c1-18-14(5-6-14)11-16-10-12-3-2-4-13(9-12)17-8-7-15/h2-4,9,16H,5-6,8,10-11H2,1H3. The van der Waals surface area contributed by atoms with Crippen molar-refractivity contribution in [3.8, 4) is 11.8 Å². The Balaban J connectivity index is 1.80. The first-order valence-corrected chi connectivity index (χ1v) is 7.35. The number of thioether (sulfide) groups is 1. The first-order valence-electron chi connectivity index (χ1n) is 6.13. The fourth-order valence-electron chi connectivity index (χ4n) is 1.89. The van der Waals surface area contributed by atoms with Gasteiger partial charge in [-0.1, -0.05) is 12.1 Å². The van der Waals surface area contributed by atoms with Gasteiger partial charge in [-0.3, -0.25) is 0 Å². The zero-order valence-corrected chi connectivity index (χ0v) is 11.4. The van der Waals surface area contributed by atoms with Crippen LogP contribution in [0.4, 0.5) is 0 Å². The van der Waals surface area contributed by atoms with Crippen molar-refractivity contribution in [2.24, 2.45) is 0 Å². The highest BCUT2D eigenvalue weighted by molar-refractivity contribution is 8.00. The molecular weight excluding hydrogens is 244 g/mol. The number of hydrogen-bond acceptors (Lipinski definition) is 4. The Morgan fingerprint density at radius 1 is 1.50 bits per heavy atom. The van der Waals surface area contributed by atoms with E-state index in [0.717, 1.165) is 18.8 Å². The molecule has 0 aromatic heterocycles. The Morgan fingerprint density at radius 3 is 3.00 bits per heavy atom. The fraction of sp³-hybridized carbons (Fsp3) is 0.500. The van der Waals surface area contributed by atoms with E-state index in [0.29, 0.717) is 4.75 Å². The number of benzene rings is 1. The van der Waals surface area contributed by atoms with E-state index < -0.39 is 0 Å². The lowest BCUT2D eigenvalue weighted by Gasteiger charge is -2.13. The van der Waals surface area contributed by atoms with E-state index in [1.165, 1.54) is 18.4 Å². The summed E-state index contributed by atoms with van der Waals surface area (Å²) in [6, 6.07) is 9.88. The SMILES string of the molecule is CSC1(CNCc2cccc(OCC#N)c2)CC1. The summed E-state index contributed by atoms with van der Waals surface area (Å²) >= 11 is 1.96. The monoisotopic (exact) mass is 262 g/mol. The van der Waals surface area contributed by atoms with E-state index in [9.17, 15) is 0 Å². The van der Waals surface area contributed by atoms with Crippen LogP contribution >= 0.6 is 11.8 Å². The fourth-order valence-corrected chi connectivity index (χ4v) is 2.64. The summed E-state index contributed by atoms with van der Waals surface area (Å²) in [6.45, 7) is 2.02. The molecule has 0 aliphatic heterocycles.